The van der Waals surface area contributed by atoms with E-state index in [1.165, 1.54) is 17.2 Å². The Kier molecular flexibility index (Phi) is 3.24. The number of hydrogen-bond acceptors (Lipinski definition) is 4. The van der Waals surface area contributed by atoms with Gasteiger partial charge in [0.1, 0.15) is 0 Å². The maximum atomic E-state index is 13.7. The van der Waals surface area contributed by atoms with Crippen molar-refractivity contribution in [3.05, 3.63) is 46.2 Å². The van der Waals surface area contributed by atoms with Gasteiger partial charge in [-0.3, -0.25) is 10.1 Å². The summed E-state index contributed by atoms with van der Waals surface area (Å²) in [5.74, 6) is -2.73. The minimum absolute atomic E-state index is 0.0822. The first-order chi connectivity index (χ1) is 8.50. The van der Waals surface area contributed by atoms with Gasteiger partial charge in [-0.15, -0.1) is 0 Å². The van der Waals surface area contributed by atoms with E-state index in [9.17, 15) is 24.0 Å². The summed E-state index contributed by atoms with van der Waals surface area (Å²) in [6, 6.07) is 2.07. The molecule has 0 aliphatic carbocycles. The third-order valence-corrected chi connectivity index (χ3v) is 2.70. The fourth-order valence-corrected chi connectivity index (χ4v) is 1.74. The van der Waals surface area contributed by atoms with Crippen LogP contribution in [0.4, 0.5) is 20.2 Å². The van der Waals surface area contributed by atoms with Crippen LogP contribution in [-0.4, -0.2) is 22.7 Å². The van der Waals surface area contributed by atoms with Crippen molar-refractivity contribution in [2.24, 2.45) is 0 Å². The fourth-order valence-electron chi connectivity index (χ4n) is 1.74. The molecule has 0 radical (unpaired) electrons. The Morgan fingerprint density at radius 3 is 2.67 bits per heavy atom. The number of nitro groups is 1. The molecule has 7 heteroatoms. The van der Waals surface area contributed by atoms with E-state index in [0.717, 1.165) is 12.1 Å². The maximum absolute atomic E-state index is 13.7. The topological polar surface area (TPSA) is 66.6 Å². The average Bonchev–Trinajstić information content (AvgIpc) is 2.33. The van der Waals surface area contributed by atoms with Crippen molar-refractivity contribution in [3.8, 4) is 0 Å². The molecule has 1 N–H and O–H groups in total. The highest BCUT2D eigenvalue weighted by Crippen LogP contribution is 2.29. The maximum Gasteiger partial charge on any atom is 0.308 e. The van der Waals surface area contributed by atoms with Gasteiger partial charge in [0.15, 0.2) is 5.82 Å². The number of aliphatic hydroxyl groups excluding tert-OH is 1. The number of aliphatic hydroxyl groups is 1. The highest BCUT2D eigenvalue weighted by Gasteiger charge is 2.24. The van der Waals surface area contributed by atoms with Gasteiger partial charge in [0, 0.05) is 18.8 Å². The van der Waals surface area contributed by atoms with Crippen molar-refractivity contribution < 1.29 is 18.8 Å². The molecule has 0 aromatic heterocycles. The lowest BCUT2D eigenvalue weighted by Crippen LogP contribution is -2.27. The molecule has 0 saturated carbocycles. The van der Waals surface area contributed by atoms with Crippen molar-refractivity contribution >= 4 is 11.4 Å². The molecule has 1 unspecified atom stereocenters. The first-order valence-corrected chi connectivity index (χ1v) is 5.26. The van der Waals surface area contributed by atoms with Gasteiger partial charge in [-0.25, -0.2) is 4.39 Å². The van der Waals surface area contributed by atoms with Crippen LogP contribution in [0.5, 0.6) is 0 Å². The van der Waals surface area contributed by atoms with Crippen LogP contribution in [0.2, 0.25) is 0 Å². The fraction of sp³-hybridized carbons (Fsp3) is 0.273. The summed E-state index contributed by atoms with van der Waals surface area (Å²) in [5.41, 5.74) is -0.974. The Morgan fingerprint density at radius 1 is 1.39 bits per heavy atom. The van der Waals surface area contributed by atoms with Gasteiger partial charge in [-0.1, -0.05) is 0 Å². The van der Waals surface area contributed by atoms with Crippen molar-refractivity contribution in [2.75, 3.05) is 11.4 Å². The lowest BCUT2D eigenvalue weighted by Gasteiger charge is -2.26. The van der Waals surface area contributed by atoms with Gasteiger partial charge in [0.25, 0.3) is 0 Å². The van der Waals surface area contributed by atoms with Crippen molar-refractivity contribution in [2.45, 2.75) is 12.5 Å². The minimum Gasteiger partial charge on any atom is -0.389 e. The van der Waals surface area contributed by atoms with Crippen LogP contribution in [0.25, 0.3) is 0 Å². The summed E-state index contributed by atoms with van der Waals surface area (Å²) in [6.45, 7) is 0.311. The summed E-state index contributed by atoms with van der Waals surface area (Å²) in [6.07, 6.45) is 2.65. The molecule has 0 spiro atoms. The van der Waals surface area contributed by atoms with E-state index in [4.69, 9.17) is 0 Å². The smallest absolute Gasteiger partial charge is 0.308 e. The van der Waals surface area contributed by atoms with E-state index in [1.54, 1.807) is 0 Å². The lowest BCUT2D eigenvalue weighted by atomic mass is 10.1. The molecule has 5 nitrogen and oxygen atoms in total. The van der Waals surface area contributed by atoms with Crippen LogP contribution in [0.3, 0.4) is 0 Å². The molecule has 1 aromatic rings. The Bertz CT molecular complexity index is 519. The number of hydrogen-bond donors (Lipinski definition) is 1. The molecule has 1 atom stereocenters. The summed E-state index contributed by atoms with van der Waals surface area (Å²) in [4.78, 5) is 10.9. The van der Waals surface area contributed by atoms with E-state index in [-0.39, 0.29) is 5.69 Å². The van der Waals surface area contributed by atoms with Gasteiger partial charge in [-0.05, 0) is 18.6 Å². The number of halogens is 2. The normalized spacial score (nSPS) is 19.1. The van der Waals surface area contributed by atoms with Crippen LogP contribution in [0, 0.1) is 21.7 Å². The molecule has 0 bridgehead atoms. The molecule has 1 aliphatic heterocycles. The Hall–Kier alpha value is -2.02. The zero-order valence-electron chi connectivity index (χ0n) is 9.22. The lowest BCUT2D eigenvalue weighted by molar-refractivity contribution is -0.387. The van der Waals surface area contributed by atoms with Gasteiger partial charge in [-0.2, -0.15) is 4.39 Å². The minimum atomic E-state index is -1.47. The van der Waals surface area contributed by atoms with Gasteiger partial charge in [0.2, 0.25) is 5.82 Å². The van der Waals surface area contributed by atoms with Crippen LogP contribution >= 0.6 is 0 Å². The second-order valence-corrected chi connectivity index (χ2v) is 3.88. The van der Waals surface area contributed by atoms with E-state index in [2.05, 4.69) is 0 Å². The molecule has 18 heavy (non-hydrogen) atoms. The zero-order chi connectivity index (χ0) is 13.3. The first kappa shape index (κ1) is 12.4. The molecule has 2 rings (SSSR count). The molecule has 1 aliphatic rings. The van der Waals surface area contributed by atoms with E-state index < -0.39 is 28.3 Å². The number of nitrogens with zero attached hydrogens (tertiary/aromatic N) is 2. The molecule has 96 valence electrons. The van der Waals surface area contributed by atoms with Gasteiger partial charge < -0.3 is 10.0 Å². The third kappa shape index (κ3) is 2.17. The van der Waals surface area contributed by atoms with Gasteiger partial charge in [0.05, 0.1) is 16.7 Å². The largest absolute Gasteiger partial charge is 0.389 e. The first-order valence-electron chi connectivity index (χ1n) is 5.26. The summed E-state index contributed by atoms with van der Waals surface area (Å²) >= 11 is 0. The van der Waals surface area contributed by atoms with Crippen LogP contribution in [0.15, 0.2) is 24.4 Å². The molecule has 0 fully saturated rings. The second-order valence-electron chi connectivity index (χ2n) is 3.88. The second kappa shape index (κ2) is 4.69. The molecule has 1 heterocycles. The summed E-state index contributed by atoms with van der Waals surface area (Å²) < 4.78 is 27.1. The standard InChI is InChI=1S/C11H10F2N2O3/c12-10-8(14-5-3-7(16)4-6-14)1-2-9(11(10)13)15(17)18/h1-3,5,7,16H,4,6H2. The number of benzene rings is 1. The Balaban J connectivity index is 2.39. The third-order valence-electron chi connectivity index (χ3n) is 2.70. The van der Waals surface area contributed by atoms with Crippen LogP contribution in [-0.2, 0) is 0 Å². The number of rotatable bonds is 2. The Labute approximate surface area is 101 Å². The Morgan fingerprint density at radius 2 is 2.11 bits per heavy atom. The van der Waals surface area contributed by atoms with Crippen molar-refractivity contribution in [3.63, 3.8) is 0 Å². The predicted octanol–water partition coefficient (Wildman–Crippen LogP) is 1.96. The SMILES string of the molecule is O=[N+]([O-])c1ccc(N2C=CC(O)CC2)c(F)c1F. The summed E-state index contributed by atoms with van der Waals surface area (Å²) in [7, 11) is 0. The van der Waals surface area contributed by atoms with E-state index in [0.29, 0.717) is 13.0 Å². The quantitative estimate of drug-likeness (QED) is 0.648. The number of nitro benzene ring substituents is 1. The molecular weight excluding hydrogens is 246 g/mol. The highest BCUT2D eigenvalue weighted by molar-refractivity contribution is 5.55. The van der Waals surface area contributed by atoms with Crippen molar-refractivity contribution in [1.29, 1.82) is 0 Å². The van der Waals surface area contributed by atoms with E-state index in [1.807, 2.05) is 0 Å². The molecule has 1 aromatic carbocycles. The molecular formula is C11H10F2N2O3. The van der Waals surface area contributed by atoms with Crippen LogP contribution in [0.1, 0.15) is 6.42 Å². The number of anilines is 1. The summed E-state index contributed by atoms with van der Waals surface area (Å²) in [5, 5.41) is 19.7. The van der Waals surface area contributed by atoms with Crippen molar-refractivity contribution in [1.82, 2.24) is 0 Å². The molecule has 0 saturated heterocycles. The average molecular weight is 256 g/mol. The van der Waals surface area contributed by atoms with Gasteiger partial charge >= 0.3 is 5.69 Å². The van der Waals surface area contributed by atoms with Crippen LogP contribution < -0.4 is 4.90 Å². The monoisotopic (exact) mass is 256 g/mol. The predicted molar refractivity (Wildman–Crippen MR) is 60.1 cm³/mol. The zero-order valence-corrected chi connectivity index (χ0v) is 9.22. The molecule has 0 amide bonds. The highest BCUT2D eigenvalue weighted by atomic mass is 19.2. The van der Waals surface area contributed by atoms with E-state index >= 15 is 0 Å².